The molecule has 0 bridgehead atoms. The summed E-state index contributed by atoms with van der Waals surface area (Å²) in [6.07, 6.45) is 0. The molecule has 0 aliphatic rings. The Bertz CT molecular complexity index is 1950. The smallest absolute Gasteiger partial charge is 0.171 e. The SMILES string of the molecule is O=P(c1ccccc1)(c1ccccc1)c1ccc(-c2ccc(-c3nc(-c4ccccc4)nc(-c4ccccc4)n3)cc2)cc1. The quantitative estimate of drug-likeness (QED) is 0.177. The molecule has 0 radical (unpaired) electrons. The second-order valence-corrected chi connectivity index (χ2v) is 13.2. The maximum absolute atomic E-state index is 14.7. The van der Waals surface area contributed by atoms with Gasteiger partial charge in [-0.05, 0) is 11.1 Å². The van der Waals surface area contributed by atoms with Crippen LogP contribution in [0.1, 0.15) is 0 Å². The number of hydrogen-bond donors (Lipinski definition) is 0. The van der Waals surface area contributed by atoms with E-state index in [1.54, 1.807) is 0 Å². The molecule has 7 rings (SSSR count). The molecule has 6 aromatic carbocycles. The minimum Gasteiger partial charge on any atom is -0.309 e. The lowest BCUT2D eigenvalue weighted by Crippen LogP contribution is -2.24. The average Bonchev–Trinajstić information content (AvgIpc) is 3.13. The van der Waals surface area contributed by atoms with Gasteiger partial charge in [-0.2, -0.15) is 0 Å². The van der Waals surface area contributed by atoms with Crippen molar-refractivity contribution >= 4 is 23.1 Å². The summed E-state index contributed by atoms with van der Waals surface area (Å²) >= 11 is 0. The zero-order valence-corrected chi connectivity index (χ0v) is 24.8. The third-order valence-corrected chi connectivity index (χ3v) is 10.7. The van der Waals surface area contributed by atoms with Crippen molar-refractivity contribution in [3.63, 3.8) is 0 Å². The van der Waals surface area contributed by atoms with E-state index in [4.69, 9.17) is 15.0 Å². The Kier molecular flexibility index (Phi) is 7.50. The summed E-state index contributed by atoms with van der Waals surface area (Å²) in [5.41, 5.74) is 4.87. The molecule has 0 aliphatic heterocycles. The Labute approximate surface area is 257 Å². The van der Waals surface area contributed by atoms with Gasteiger partial charge in [-0.15, -0.1) is 0 Å². The lowest BCUT2D eigenvalue weighted by Gasteiger charge is -2.20. The maximum atomic E-state index is 14.7. The first kappa shape index (κ1) is 27.4. The average molecular weight is 586 g/mol. The highest BCUT2D eigenvalue weighted by atomic mass is 31.2. The van der Waals surface area contributed by atoms with Crippen molar-refractivity contribution in [3.8, 4) is 45.3 Å². The third-order valence-electron chi connectivity index (χ3n) is 7.65. The van der Waals surface area contributed by atoms with Gasteiger partial charge in [0.1, 0.15) is 0 Å². The molecule has 4 nitrogen and oxygen atoms in total. The Hall–Kier alpha value is -5.44. The van der Waals surface area contributed by atoms with Gasteiger partial charge in [0.15, 0.2) is 24.6 Å². The molecule has 0 N–H and O–H groups in total. The summed E-state index contributed by atoms with van der Waals surface area (Å²) in [6, 6.07) is 55.8. The largest absolute Gasteiger partial charge is 0.309 e. The molecule has 0 spiro atoms. The summed E-state index contributed by atoms with van der Waals surface area (Å²) in [4.78, 5) is 14.5. The van der Waals surface area contributed by atoms with Crippen molar-refractivity contribution in [2.75, 3.05) is 0 Å². The Balaban J connectivity index is 1.23. The topological polar surface area (TPSA) is 55.7 Å². The van der Waals surface area contributed by atoms with E-state index in [2.05, 4.69) is 12.1 Å². The lowest BCUT2D eigenvalue weighted by atomic mass is 10.0. The van der Waals surface area contributed by atoms with Crippen molar-refractivity contribution in [2.45, 2.75) is 0 Å². The van der Waals surface area contributed by atoms with E-state index in [1.165, 1.54) is 0 Å². The molecule has 7 aromatic rings. The van der Waals surface area contributed by atoms with Crippen LogP contribution in [0.2, 0.25) is 0 Å². The van der Waals surface area contributed by atoms with Gasteiger partial charge in [-0.3, -0.25) is 0 Å². The van der Waals surface area contributed by atoms with Crippen LogP contribution < -0.4 is 15.9 Å². The van der Waals surface area contributed by atoms with Gasteiger partial charge in [0.2, 0.25) is 0 Å². The third kappa shape index (κ3) is 5.40. The number of benzene rings is 6. The van der Waals surface area contributed by atoms with Gasteiger partial charge < -0.3 is 4.57 Å². The summed E-state index contributed by atoms with van der Waals surface area (Å²) in [5, 5.41) is 2.46. The Morgan fingerprint density at radius 3 is 0.955 bits per heavy atom. The van der Waals surface area contributed by atoms with Crippen molar-refractivity contribution in [1.29, 1.82) is 0 Å². The molecule has 0 unspecified atom stereocenters. The van der Waals surface area contributed by atoms with Crippen LogP contribution in [0.4, 0.5) is 0 Å². The van der Waals surface area contributed by atoms with Crippen LogP contribution in [0.15, 0.2) is 170 Å². The molecule has 5 heteroatoms. The number of aromatic nitrogens is 3. The van der Waals surface area contributed by atoms with Crippen LogP contribution in [-0.2, 0) is 4.57 Å². The lowest BCUT2D eigenvalue weighted by molar-refractivity contribution is 0.592. The molecule has 0 aliphatic carbocycles. The number of rotatable bonds is 7. The van der Waals surface area contributed by atoms with Crippen LogP contribution in [0.3, 0.4) is 0 Å². The van der Waals surface area contributed by atoms with Crippen molar-refractivity contribution in [1.82, 2.24) is 15.0 Å². The van der Waals surface area contributed by atoms with E-state index in [0.29, 0.717) is 17.5 Å². The van der Waals surface area contributed by atoms with Gasteiger partial charge in [-0.1, -0.05) is 170 Å². The molecule has 1 heterocycles. The van der Waals surface area contributed by atoms with Crippen molar-refractivity contribution in [3.05, 3.63) is 170 Å². The fourth-order valence-electron chi connectivity index (χ4n) is 5.34. The van der Waals surface area contributed by atoms with Gasteiger partial charge in [0, 0.05) is 32.6 Å². The minimum atomic E-state index is -3.02. The van der Waals surface area contributed by atoms with Crippen molar-refractivity contribution in [2.24, 2.45) is 0 Å². The van der Waals surface area contributed by atoms with Gasteiger partial charge in [0.05, 0.1) is 0 Å². The van der Waals surface area contributed by atoms with Gasteiger partial charge >= 0.3 is 0 Å². The number of nitrogens with zero attached hydrogens (tertiary/aromatic N) is 3. The van der Waals surface area contributed by atoms with Crippen LogP contribution in [0.25, 0.3) is 45.3 Å². The molecule has 0 fully saturated rings. The molecular weight excluding hydrogens is 557 g/mol. The first-order valence-corrected chi connectivity index (χ1v) is 16.2. The summed E-state index contributed by atoms with van der Waals surface area (Å²) < 4.78 is 14.7. The first-order valence-electron chi connectivity index (χ1n) is 14.5. The Morgan fingerprint density at radius 2 is 0.568 bits per heavy atom. The fraction of sp³-hybridized carbons (Fsp3) is 0. The zero-order valence-electron chi connectivity index (χ0n) is 23.9. The molecule has 210 valence electrons. The fourth-order valence-corrected chi connectivity index (χ4v) is 7.98. The summed E-state index contributed by atoms with van der Waals surface area (Å²) in [6.45, 7) is 0. The molecule has 1 aromatic heterocycles. The minimum absolute atomic E-state index is 0.617. The van der Waals surface area contributed by atoms with Gasteiger partial charge in [0.25, 0.3) is 0 Å². The predicted molar refractivity (Wildman–Crippen MR) is 181 cm³/mol. The van der Waals surface area contributed by atoms with Crippen LogP contribution in [0, 0.1) is 0 Å². The van der Waals surface area contributed by atoms with E-state index in [0.717, 1.165) is 43.7 Å². The van der Waals surface area contributed by atoms with Crippen LogP contribution in [0.5, 0.6) is 0 Å². The second-order valence-electron chi connectivity index (χ2n) is 10.4. The highest BCUT2D eigenvalue weighted by Crippen LogP contribution is 2.42. The maximum Gasteiger partial charge on any atom is 0.171 e. The van der Waals surface area contributed by atoms with Crippen molar-refractivity contribution < 1.29 is 4.57 Å². The Morgan fingerprint density at radius 1 is 0.295 bits per heavy atom. The second kappa shape index (κ2) is 12.0. The summed E-state index contributed by atoms with van der Waals surface area (Å²) in [5.74, 6) is 1.89. The molecule has 0 amide bonds. The molecule has 0 atom stereocenters. The highest BCUT2D eigenvalue weighted by Gasteiger charge is 2.29. The standard InChI is InChI=1S/C39H28N3OP/c43-44(34-17-9-3-10-18-34,35-19-11-4-12-20-35)36-27-25-30(26-28-36)29-21-23-33(24-22-29)39-41-37(31-13-5-1-6-14-31)40-38(42-39)32-15-7-2-8-16-32/h1-28H. The zero-order chi connectivity index (χ0) is 29.8. The van der Waals surface area contributed by atoms with E-state index in [1.807, 2.05) is 158 Å². The summed E-state index contributed by atoms with van der Waals surface area (Å²) in [7, 11) is -3.02. The molecule has 44 heavy (non-hydrogen) atoms. The highest BCUT2D eigenvalue weighted by molar-refractivity contribution is 7.85. The predicted octanol–water partition coefficient (Wildman–Crippen LogP) is 8.18. The van der Waals surface area contributed by atoms with E-state index >= 15 is 0 Å². The number of hydrogen-bond acceptors (Lipinski definition) is 4. The molecule has 0 saturated heterocycles. The van der Waals surface area contributed by atoms with Gasteiger partial charge in [-0.25, -0.2) is 15.0 Å². The van der Waals surface area contributed by atoms with E-state index < -0.39 is 7.14 Å². The first-order chi connectivity index (χ1) is 21.7. The van der Waals surface area contributed by atoms with Crippen LogP contribution in [-0.4, -0.2) is 15.0 Å². The van der Waals surface area contributed by atoms with Crippen LogP contribution >= 0.6 is 7.14 Å². The van der Waals surface area contributed by atoms with E-state index in [9.17, 15) is 4.57 Å². The molecule has 0 saturated carbocycles. The normalized spacial score (nSPS) is 11.3. The monoisotopic (exact) mass is 585 g/mol. The molecular formula is C39H28N3OP. The van der Waals surface area contributed by atoms with E-state index in [-0.39, 0.29) is 0 Å².